The van der Waals surface area contributed by atoms with E-state index in [1.165, 1.54) is 0 Å². The number of Topliss-reactive ketones (excluding diaryl/α,β-unsaturated/α-hetero) is 1. The van der Waals surface area contributed by atoms with Crippen molar-refractivity contribution in [2.75, 3.05) is 19.7 Å². The van der Waals surface area contributed by atoms with Gasteiger partial charge in [-0.05, 0) is 44.9 Å². The van der Waals surface area contributed by atoms with Crippen molar-refractivity contribution in [3.63, 3.8) is 0 Å². The van der Waals surface area contributed by atoms with Gasteiger partial charge in [0.15, 0.2) is 6.61 Å². The Hall–Kier alpha value is -2.89. The highest BCUT2D eigenvalue weighted by Crippen LogP contribution is 2.22. The van der Waals surface area contributed by atoms with Crippen molar-refractivity contribution in [2.24, 2.45) is 5.92 Å². The molecule has 2 heterocycles. The maximum absolute atomic E-state index is 12.7. The highest BCUT2D eigenvalue weighted by molar-refractivity contribution is 5.99. The molecule has 0 spiro atoms. The molecule has 0 radical (unpaired) electrons. The monoisotopic (exact) mass is 396 g/mol. The van der Waals surface area contributed by atoms with E-state index in [4.69, 9.17) is 4.74 Å². The zero-order valence-electron chi connectivity index (χ0n) is 17.3. The lowest BCUT2D eigenvalue weighted by atomic mass is 9.98. The number of nitrogens with zero attached hydrogens (tertiary/aromatic N) is 2. The third-order valence-electron chi connectivity index (χ3n) is 5.50. The Labute approximate surface area is 171 Å². The molecule has 2 aromatic rings. The molecule has 1 fully saturated rings. The van der Waals surface area contributed by atoms with Crippen molar-refractivity contribution >= 4 is 17.7 Å². The average molecular weight is 396 g/mol. The van der Waals surface area contributed by atoms with Gasteiger partial charge in [0.1, 0.15) is 0 Å². The van der Waals surface area contributed by atoms with E-state index in [2.05, 4.69) is 0 Å². The zero-order chi connectivity index (χ0) is 21.0. The van der Waals surface area contributed by atoms with Crippen LogP contribution in [0.25, 0.3) is 5.69 Å². The third kappa shape index (κ3) is 4.58. The summed E-state index contributed by atoms with van der Waals surface area (Å²) in [7, 11) is 0. The van der Waals surface area contributed by atoms with Crippen LogP contribution in [-0.2, 0) is 14.3 Å². The first-order valence-corrected chi connectivity index (χ1v) is 10.1. The van der Waals surface area contributed by atoms with Gasteiger partial charge in [0.2, 0.25) is 11.7 Å². The first-order chi connectivity index (χ1) is 13.9. The van der Waals surface area contributed by atoms with Gasteiger partial charge in [-0.15, -0.1) is 0 Å². The standard InChI is InChI=1S/C23H28N2O4/c1-4-22(27)24-12-8-9-18(14-24)23(28)29-15-21(26)20-13-16(2)25(17(20)3)19-10-6-5-7-11-19/h5-7,10-11,13,18H,4,8-9,12,14-15H2,1-3H3. The van der Waals surface area contributed by atoms with E-state index in [1.807, 2.05) is 61.7 Å². The van der Waals surface area contributed by atoms with Gasteiger partial charge < -0.3 is 14.2 Å². The summed E-state index contributed by atoms with van der Waals surface area (Å²) < 4.78 is 7.35. The fraction of sp³-hybridized carbons (Fsp3) is 0.435. The Bertz CT molecular complexity index is 901. The molecule has 1 aliphatic heterocycles. The Morgan fingerprint density at radius 3 is 2.55 bits per heavy atom. The van der Waals surface area contributed by atoms with E-state index in [9.17, 15) is 14.4 Å². The highest BCUT2D eigenvalue weighted by Gasteiger charge is 2.29. The zero-order valence-corrected chi connectivity index (χ0v) is 17.3. The lowest BCUT2D eigenvalue weighted by molar-refractivity contribution is -0.150. The Kier molecular flexibility index (Phi) is 6.52. The first-order valence-electron chi connectivity index (χ1n) is 10.1. The van der Waals surface area contributed by atoms with Crippen LogP contribution in [0.4, 0.5) is 0 Å². The summed E-state index contributed by atoms with van der Waals surface area (Å²) in [4.78, 5) is 38.8. The smallest absolute Gasteiger partial charge is 0.311 e. The van der Waals surface area contributed by atoms with Gasteiger partial charge in [-0.3, -0.25) is 14.4 Å². The summed E-state index contributed by atoms with van der Waals surface area (Å²) in [5.41, 5.74) is 3.32. The van der Waals surface area contributed by atoms with E-state index in [0.29, 0.717) is 31.5 Å². The lowest BCUT2D eigenvalue weighted by Crippen LogP contribution is -2.42. The molecule has 6 nitrogen and oxygen atoms in total. The largest absolute Gasteiger partial charge is 0.457 e. The summed E-state index contributed by atoms with van der Waals surface area (Å²) in [6.45, 7) is 6.43. The van der Waals surface area contributed by atoms with Gasteiger partial charge in [0.25, 0.3) is 0 Å². The molecule has 1 saturated heterocycles. The number of aromatic nitrogens is 1. The molecule has 3 rings (SSSR count). The molecular weight excluding hydrogens is 368 g/mol. The molecule has 1 aliphatic rings. The molecule has 1 aromatic heterocycles. The molecule has 154 valence electrons. The van der Waals surface area contributed by atoms with Gasteiger partial charge in [-0.2, -0.15) is 0 Å². The maximum Gasteiger partial charge on any atom is 0.311 e. The minimum Gasteiger partial charge on any atom is -0.457 e. The lowest BCUT2D eigenvalue weighted by Gasteiger charge is -2.31. The molecule has 29 heavy (non-hydrogen) atoms. The van der Waals surface area contributed by atoms with Gasteiger partial charge in [-0.1, -0.05) is 25.1 Å². The van der Waals surface area contributed by atoms with Crippen LogP contribution in [-0.4, -0.2) is 46.8 Å². The number of amides is 1. The van der Waals surface area contributed by atoms with Crippen molar-refractivity contribution in [2.45, 2.75) is 40.0 Å². The predicted molar refractivity (Wildman–Crippen MR) is 110 cm³/mol. The maximum atomic E-state index is 12.7. The fourth-order valence-corrected chi connectivity index (χ4v) is 3.97. The van der Waals surface area contributed by atoms with E-state index in [-0.39, 0.29) is 24.2 Å². The Morgan fingerprint density at radius 1 is 1.14 bits per heavy atom. The summed E-state index contributed by atoms with van der Waals surface area (Å²) in [6, 6.07) is 11.7. The van der Waals surface area contributed by atoms with Crippen LogP contribution in [0.1, 0.15) is 47.9 Å². The summed E-state index contributed by atoms with van der Waals surface area (Å²) in [6.07, 6.45) is 1.89. The number of piperidine rings is 1. The number of para-hydroxylation sites is 1. The average Bonchev–Trinajstić information content (AvgIpc) is 3.05. The topological polar surface area (TPSA) is 68.6 Å². The van der Waals surface area contributed by atoms with Crippen LogP contribution in [0.5, 0.6) is 0 Å². The second-order valence-electron chi connectivity index (χ2n) is 7.52. The normalized spacial score (nSPS) is 16.5. The molecule has 1 unspecified atom stereocenters. The Balaban J connectivity index is 1.64. The number of carbonyl (C=O) groups is 3. The number of hydrogen-bond donors (Lipinski definition) is 0. The number of ether oxygens (including phenoxy) is 1. The van der Waals surface area contributed by atoms with Crippen LogP contribution in [0, 0.1) is 19.8 Å². The quantitative estimate of drug-likeness (QED) is 0.554. The van der Waals surface area contributed by atoms with Crippen molar-refractivity contribution in [3.05, 3.63) is 53.3 Å². The van der Waals surface area contributed by atoms with Crippen molar-refractivity contribution in [3.8, 4) is 5.69 Å². The summed E-state index contributed by atoms with van der Waals surface area (Å²) in [5.74, 6) is -0.925. The number of ketones is 1. The molecule has 0 aliphatic carbocycles. The molecular formula is C23H28N2O4. The van der Waals surface area contributed by atoms with Crippen LogP contribution in [0.2, 0.25) is 0 Å². The van der Waals surface area contributed by atoms with Crippen molar-refractivity contribution in [1.82, 2.24) is 9.47 Å². The number of hydrogen-bond acceptors (Lipinski definition) is 4. The van der Waals surface area contributed by atoms with E-state index in [1.54, 1.807) is 4.90 Å². The Morgan fingerprint density at radius 2 is 1.86 bits per heavy atom. The number of rotatable bonds is 6. The highest BCUT2D eigenvalue weighted by atomic mass is 16.5. The molecule has 0 saturated carbocycles. The van der Waals surface area contributed by atoms with Crippen LogP contribution in [0.15, 0.2) is 36.4 Å². The number of aryl methyl sites for hydroxylation is 1. The minimum atomic E-state index is -0.399. The van der Waals surface area contributed by atoms with Gasteiger partial charge in [0, 0.05) is 42.1 Å². The second kappa shape index (κ2) is 9.07. The molecule has 0 N–H and O–H groups in total. The number of benzene rings is 1. The summed E-state index contributed by atoms with van der Waals surface area (Å²) >= 11 is 0. The van der Waals surface area contributed by atoms with E-state index < -0.39 is 5.97 Å². The van der Waals surface area contributed by atoms with Crippen LogP contribution in [0.3, 0.4) is 0 Å². The van der Waals surface area contributed by atoms with E-state index in [0.717, 1.165) is 23.5 Å². The molecule has 0 bridgehead atoms. The van der Waals surface area contributed by atoms with Gasteiger partial charge in [-0.25, -0.2) is 0 Å². The van der Waals surface area contributed by atoms with Crippen LogP contribution >= 0.6 is 0 Å². The molecule has 6 heteroatoms. The van der Waals surface area contributed by atoms with Crippen molar-refractivity contribution < 1.29 is 19.1 Å². The SMILES string of the molecule is CCC(=O)N1CCCC(C(=O)OCC(=O)c2cc(C)n(-c3ccccc3)c2C)C1. The third-order valence-corrected chi connectivity index (χ3v) is 5.50. The predicted octanol–water partition coefficient (Wildman–Crippen LogP) is 3.47. The number of carbonyl (C=O) groups excluding carboxylic acids is 3. The van der Waals surface area contributed by atoms with E-state index >= 15 is 0 Å². The second-order valence-corrected chi connectivity index (χ2v) is 7.52. The summed E-state index contributed by atoms with van der Waals surface area (Å²) in [5, 5.41) is 0. The number of esters is 1. The molecule has 1 aromatic carbocycles. The van der Waals surface area contributed by atoms with Gasteiger partial charge in [0.05, 0.1) is 5.92 Å². The van der Waals surface area contributed by atoms with Crippen molar-refractivity contribution in [1.29, 1.82) is 0 Å². The fourth-order valence-electron chi connectivity index (χ4n) is 3.97. The minimum absolute atomic E-state index is 0.0481. The first kappa shape index (κ1) is 20.8. The van der Waals surface area contributed by atoms with Gasteiger partial charge >= 0.3 is 5.97 Å². The molecule has 1 atom stereocenters. The van der Waals surface area contributed by atoms with Crippen LogP contribution < -0.4 is 0 Å². The number of likely N-dealkylation sites (tertiary alicyclic amines) is 1. The molecule has 1 amide bonds.